The number of halogens is 3. The summed E-state index contributed by atoms with van der Waals surface area (Å²) in [5, 5.41) is 3.18. The number of carbonyl (C=O) groups excluding carboxylic acids is 2. The molecule has 0 aromatic heterocycles. The molecule has 0 aliphatic carbocycles. The standard InChI is InChI=1S/C26H24Cl3NO2S/c1-17(16-33-22-11-7-6-10-21(22)30-2)23(24(31)18-8-4-3-5-9-18)25(32)19-12-14-20(15-13-19)26(27,28)29/h3-15,17,23,30H,16H2,1-2H3. The Hall–Kier alpha value is -1.98. The Labute approximate surface area is 213 Å². The van der Waals surface area contributed by atoms with Gasteiger partial charge in [-0.3, -0.25) is 9.59 Å². The van der Waals surface area contributed by atoms with Gasteiger partial charge in [0, 0.05) is 40.1 Å². The maximum Gasteiger partial charge on any atom is 0.216 e. The molecule has 2 atom stereocenters. The molecule has 0 spiro atoms. The van der Waals surface area contributed by atoms with Crippen LogP contribution in [-0.4, -0.2) is 24.4 Å². The van der Waals surface area contributed by atoms with Gasteiger partial charge in [0.25, 0.3) is 0 Å². The average molecular weight is 521 g/mol. The van der Waals surface area contributed by atoms with Crippen LogP contribution in [0.3, 0.4) is 0 Å². The highest BCUT2D eigenvalue weighted by molar-refractivity contribution is 7.99. The van der Waals surface area contributed by atoms with Gasteiger partial charge < -0.3 is 5.32 Å². The van der Waals surface area contributed by atoms with E-state index >= 15 is 0 Å². The zero-order chi connectivity index (χ0) is 24.0. The molecule has 3 rings (SSSR count). The summed E-state index contributed by atoms with van der Waals surface area (Å²) in [5.41, 5.74) is 2.40. The molecule has 0 saturated carbocycles. The minimum absolute atomic E-state index is 0.193. The van der Waals surface area contributed by atoms with E-state index in [9.17, 15) is 9.59 Å². The molecule has 1 N–H and O–H groups in total. The number of Topliss-reactive ketones (excluding diaryl/α,β-unsaturated/α-hetero) is 2. The first kappa shape index (κ1) is 25.6. The topological polar surface area (TPSA) is 46.2 Å². The predicted octanol–water partition coefficient (Wildman–Crippen LogP) is 7.67. The summed E-state index contributed by atoms with van der Waals surface area (Å²) in [5.74, 6) is -0.885. The van der Waals surface area contributed by atoms with Crippen LogP contribution in [0, 0.1) is 11.8 Å². The van der Waals surface area contributed by atoms with Crippen LogP contribution in [0.4, 0.5) is 5.69 Å². The van der Waals surface area contributed by atoms with E-state index in [-0.39, 0.29) is 17.5 Å². The molecular formula is C26H24Cl3NO2S. The second kappa shape index (κ2) is 11.4. The van der Waals surface area contributed by atoms with Crippen molar-refractivity contribution in [2.24, 2.45) is 11.8 Å². The number of nitrogens with one attached hydrogen (secondary N) is 1. The van der Waals surface area contributed by atoms with Crippen molar-refractivity contribution < 1.29 is 9.59 Å². The summed E-state index contributed by atoms with van der Waals surface area (Å²) < 4.78 is -1.58. The highest BCUT2D eigenvalue weighted by Crippen LogP contribution is 2.38. The Balaban J connectivity index is 1.88. The van der Waals surface area contributed by atoms with Crippen LogP contribution in [-0.2, 0) is 3.79 Å². The highest BCUT2D eigenvalue weighted by atomic mass is 35.6. The van der Waals surface area contributed by atoms with Crippen molar-refractivity contribution in [1.29, 1.82) is 0 Å². The number of anilines is 1. The van der Waals surface area contributed by atoms with Crippen molar-refractivity contribution in [3.8, 4) is 0 Å². The molecule has 3 aromatic carbocycles. The molecule has 0 aliphatic heterocycles. The lowest BCUT2D eigenvalue weighted by Gasteiger charge is -2.23. The third-order valence-corrected chi connectivity index (χ3v) is 7.36. The molecule has 3 nitrogen and oxygen atoms in total. The van der Waals surface area contributed by atoms with E-state index in [1.165, 1.54) is 0 Å². The first-order chi connectivity index (χ1) is 15.7. The number of carbonyl (C=O) groups is 2. The normalized spacial score (nSPS) is 13.2. The molecule has 0 radical (unpaired) electrons. The molecule has 0 saturated heterocycles. The number of rotatable bonds is 9. The van der Waals surface area contributed by atoms with Crippen molar-refractivity contribution in [1.82, 2.24) is 0 Å². The van der Waals surface area contributed by atoms with Crippen LogP contribution in [0.25, 0.3) is 0 Å². The molecule has 0 aliphatic rings. The van der Waals surface area contributed by atoms with Crippen LogP contribution < -0.4 is 5.32 Å². The van der Waals surface area contributed by atoms with E-state index in [1.54, 1.807) is 60.3 Å². The fourth-order valence-electron chi connectivity index (χ4n) is 3.54. The maximum absolute atomic E-state index is 13.6. The van der Waals surface area contributed by atoms with Crippen molar-refractivity contribution in [2.75, 3.05) is 18.1 Å². The zero-order valence-corrected chi connectivity index (χ0v) is 21.3. The van der Waals surface area contributed by atoms with Crippen LogP contribution >= 0.6 is 46.6 Å². The second-order valence-corrected chi connectivity index (χ2v) is 11.0. The van der Waals surface area contributed by atoms with Gasteiger partial charge in [0.15, 0.2) is 11.6 Å². The average Bonchev–Trinajstić information content (AvgIpc) is 2.83. The Bertz CT molecular complexity index is 1100. The summed E-state index contributed by atoms with van der Waals surface area (Å²) in [6, 6.07) is 23.3. The summed E-state index contributed by atoms with van der Waals surface area (Å²) in [4.78, 5) is 28.1. The van der Waals surface area contributed by atoms with Crippen LogP contribution in [0.15, 0.2) is 83.8 Å². The molecule has 172 valence electrons. The number of para-hydroxylation sites is 1. The number of hydrogen-bond acceptors (Lipinski definition) is 4. The van der Waals surface area contributed by atoms with Gasteiger partial charge in [0.2, 0.25) is 3.79 Å². The number of ketones is 2. The van der Waals surface area contributed by atoms with Crippen molar-refractivity contribution in [2.45, 2.75) is 15.6 Å². The first-order valence-corrected chi connectivity index (χ1v) is 12.5. The molecule has 3 aromatic rings. The van der Waals surface area contributed by atoms with E-state index in [2.05, 4.69) is 5.32 Å². The van der Waals surface area contributed by atoms with E-state index in [0.29, 0.717) is 22.4 Å². The summed E-state index contributed by atoms with van der Waals surface area (Å²) in [6.07, 6.45) is 0. The summed E-state index contributed by atoms with van der Waals surface area (Å²) in [6.45, 7) is 1.94. The molecule has 0 heterocycles. The van der Waals surface area contributed by atoms with Gasteiger partial charge in [-0.2, -0.15) is 0 Å². The Kier molecular flexibility index (Phi) is 8.88. The van der Waals surface area contributed by atoms with Gasteiger partial charge in [-0.1, -0.05) is 108 Å². The van der Waals surface area contributed by atoms with Gasteiger partial charge in [-0.15, -0.1) is 11.8 Å². The van der Waals surface area contributed by atoms with Crippen molar-refractivity contribution in [3.63, 3.8) is 0 Å². The van der Waals surface area contributed by atoms with Crippen LogP contribution in [0.2, 0.25) is 0 Å². The van der Waals surface area contributed by atoms with Gasteiger partial charge in [-0.05, 0) is 18.1 Å². The van der Waals surface area contributed by atoms with E-state index in [0.717, 1.165) is 10.6 Å². The lowest BCUT2D eigenvalue weighted by atomic mass is 9.82. The fraction of sp³-hybridized carbons (Fsp3) is 0.231. The first-order valence-electron chi connectivity index (χ1n) is 10.4. The molecule has 7 heteroatoms. The van der Waals surface area contributed by atoms with Gasteiger partial charge in [0.05, 0.1) is 5.92 Å². The third-order valence-electron chi connectivity index (χ3n) is 5.35. The lowest BCUT2D eigenvalue weighted by Crippen LogP contribution is -2.32. The lowest BCUT2D eigenvalue weighted by molar-refractivity contribution is 0.0769. The molecule has 0 fully saturated rings. The van der Waals surface area contributed by atoms with Gasteiger partial charge >= 0.3 is 0 Å². The summed E-state index contributed by atoms with van der Waals surface area (Å²) >= 11 is 19.4. The zero-order valence-electron chi connectivity index (χ0n) is 18.2. The Morgan fingerprint density at radius 2 is 1.39 bits per heavy atom. The van der Waals surface area contributed by atoms with Crippen LogP contribution in [0.5, 0.6) is 0 Å². The Morgan fingerprint density at radius 3 is 1.97 bits per heavy atom. The van der Waals surface area contributed by atoms with Gasteiger partial charge in [0.1, 0.15) is 0 Å². The number of alkyl halides is 3. The highest BCUT2D eigenvalue weighted by Gasteiger charge is 2.34. The minimum atomic E-state index is -1.58. The monoisotopic (exact) mass is 519 g/mol. The second-order valence-electron chi connectivity index (χ2n) is 7.68. The van der Waals surface area contributed by atoms with E-state index in [1.807, 2.05) is 44.3 Å². The van der Waals surface area contributed by atoms with Gasteiger partial charge in [-0.25, -0.2) is 0 Å². The largest absolute Gasteiger partial charge is 0.387 e. The fourth-order valence-corrected chi connectivity index (χ4v) is 5.05. The number of thioether (sulfide) groups is 1. The molecule has 2 unspecified atom stereocenters. The van der Waals surface area contributed by atoms with Crippen molar-refractivity contribution in [3.05, 3.63) is 95.6 Å². The SMILES string of the molecule is CNc1ccccc1SCC(C)C(C(=O)c1ccccc1)C(=O)c1ccc(C(Cl)(Cl)Cl)cc1. The quantitative estimate of drug-likeness (QED) is 0.136. The molecule has 33 heavy (non-hydrogen) atoms. The van der Waals surface area contributed by atoms with E-state index < -0.39 is 9.71 Å². The Morgan fingerprint density at radius 1 is 0.848 bits per heavy atom. The summed E-state index contributed by atoms with van der Waals surface area (Å²) in [7, 11) is 1.87. The maximum atomic E-state index is 13.6. The van der Waals surface area contributed by atoms with Crippen molar-refractivity contribution >= 4 is 63.8 Å². The number of benzene rings is 3. The molecule has 0 bridgehead atoms. The van der Waals surface area contributed by atoms with Crippen LogP contribution in [0.1, 0.15) is 33.2 Å². The molecule has 0 amide bonds. The molecular weight excluding hydrogens is 497 g/mol. The smallest absolute Gasteiger partial charge is 0.216 e. The number of hydrogen-bond donors (Lipinski definition) is 1. The minimum Gasteiger partial charge on any atom is -0.387 e. The third kappa shape index (κ3) is 6.54. The predicted molar refractivity (Wildman–Crippen MR) is 140 cm³/mol. The van der Waals surface area contributed by atoms with E-state index in [4.69, 9.17) is 34.8 Å².